The first-order valence-electron chi connectivity index (χ1n) is 7.73. The van der Waals surface area contributed by atoms with E-state index in [2.05, 4.69) is 4.72 Å². The van der Waals surface area contributed by atoms with Gasteiger partial charge in [-0.1, -0.05) is 18.9 Å². The molecule has 8 heteroatoms. The van der Waals surface area contributed by atoms with E-state index >= 15 is 0 Å². The van der Waals surface area contributed by atoms with Gasteiger partial charge in [-0.2, -0.15) is 0 Å². The van der Waals surface area contributed by atoms with Crippen molar-refractivity contribution in [2.75, 3.05) is 19.8 Å². The van der Waals surface area contributed by atoms with Crippen LogP contribution in [0.2, 0.25) is 0 Å². The summed E-state index contributed by atoms with van der Waals surface area (Å²) in [6.07, 6.45) is 4.33. The molecule has 3 rings (SSSR count). The summed E-state index contributed by atoms with van der Waals surface area (Å²) in [5.41, 5.74) is 5.79. The van der Waals surface area contributed by atoms with Crippen LogP contribution in [0.25, 0.3) is 0 Å². The highest BCUT2D eigenvalue weighted by Gasteiger charge is 2.31. The number of nitrogens with two attached hydrogens (primary N) is 1. The van der Waals surface area contributed by atoms with Crippen LogP contribution in [0, 0.1) is 5.92 Å². The van der Waals surface area contributed by atoms with Crippen molar-refractivity contribution in [3.05, 3.63) is 18.2 Å². The lowest BCUT2D eigenvalue weighted by Crippen LogP contribution is -2.44. The minimum Gasteiger partial charge on any atom is -0.486 e. The first-order chi connectivity index (χ1) is 10.6. The molecule has 1 aliphatic heterocycles. The molecule has 0 spiro atoms. The average molecular weight is 363 g/mol. The molecule has 1 aromatic rings. The number of nitrogens with one attached hydrogen (secondary N) is 1. The molecule has 1 atom stereocenters. The molecule has 2 aliphatic rings. The summed E-state index contributed by atoms with van der Waals surface area (Å²) in [4.78, 5) is 0.126. The molecule has 1 unspecified atom stereocenters. The zero-order valence-electron chi connectivity index (χ0n) is 12.9. The number of ether oxygens (including phenoxy) is 2. The van der Waals surface area contributed by atoms with Crippen molar-refractivity contribution < 1.29 is 17.9 Å². The lowest BCUT2D eigenvalue weighted by Gasteiger charge is -2.25. The Hall–Kier alpha value is -1.02. The normalized spacial score (nSPS) is 19.2. The Morgan fingerprint density at radius 2 is 1.91 bits per heavy atom. The summed E-state index contributed by atoms with van der Waals surface area (Å²) in [6, 6.07) is 4.69. The molecular formula is C15H23ClN2O4S. The summed E-state index contributed by atoms with van der Waals surface area (Å²) < 4.78 is 39.2. The van der Waals surface area contributed by atoms with E-state index in [1.807, 2.05) is 0 Å². The summed E-state index contributed by atoms with van der Waals surface area (Å²) in [7, 11) is -3.69. The molecular weight excluding hydrogens is 340 g/mol. The van der Waals surface area contributed by atoms with Crippen molar-refractivity contribution >= 4 is 22.4 Å². The number of hydrogen-bond acceptors (Lipinski definition) is 5. The molecule has 0 radical (unpaired) electrons. The van der Waals surface area contributed by atoms with Crippen molar-refractivity contribution in [3.63, 3.8) is 0 Å². The van der Waals surface area contributed by atoms with E-state index in [4.69, 9.17) is 15.2 Å². The smallest absolute Gasteiger partial charge is 0.244 e. The molecule has 0 amide bonds. The number of sulfonamides is 1. The maximum absolute atomic E-state index is 12.7. The molecule has 1 saturated carbocycles. The van der Waals surface area contributed by atoms with E-state index in [1.165, 1.54) is 6.07 Å². The van der Waals surface area contributed by atoms with Gasteiger partial charge < -0.3 is 15.2 Å². The molecule has 1 aliphatic carbocycles. The van der Waals surface area contributed by atoms with Gasteiger partial charge in [-0.3, -0.25) is 0 Å². The summed E-state index contributed by atoms with van der Waals surface area (Å²) in [5, 5.41) is 0. The van der Waals surface area contributed by atoms with Crippen LogP contribution in [0.3, 0.4) is 0 Å². The van der Waals surface area contributed by atoms with Crippen LogP contribution < -0.4 is 19.9 Å². The fourth-order valence-electron chi connectivity index (χ4n) is 3.22. The van der Waals surface area contributed by atoms with Crippen LogP contribution in [-0.4, -0.2) is 34.2 Å². The lowest BCUT2D eigenvalue weighted by molar-refractivity contribution is 0.167. The Balaban J connectivity index is 0.00000192. The van der Waals surface area contributed by atoms with Gasteiger partial charge in [-0.05, 0) is 30.9 Å². The van der Waals surface area contributed by atoms with Gasteiger partial charge in [0.1, 0.15) is 18.1 Å². The third kappa shape index (κ3) is 3.91. The van der Waals surface area contributed by atoms with Crippen LogP contribution in [-0.2, 0) is 10.0 Å². The standard InChI is InChI=1S/C15H22N2O4S.ClH/c16-10-12(11-4-1-2-5-11)17-22(18,19)14-7-3-6-13-15(14)21-9-8-20-13;/h3,6-7,11-12,17H,1-2,4-5,8-10,16H2;1H. The molecule has 23 heavy (non-hydrogen) atoms. The summed E-state index contributed by atoms with van der Waals surface area (Å²) in [6.45, 7) is 1.08. The fraction of sp³-hybridized carbons (Fsp3) is 0.600. The molecule has 130 valence electrons. The predicted octanol–water partition coefficient (Wildman–Crippen LogP) is 1.68. The van der Waals surface area contributed by atoms with Gasteiger partial charge in [-0.15, -0.1) is 12.4 Å². The van der Waals surface area contributed by atoms with E-state index in [0.717, 1.165) is 25.7 Å². The van der Waals surface area contributed by atoms with E-state index in [0.29, 0.717) is 37.2 Å². The molecule has 1 heterocycles. The Kier molecular flexibility index (Phi) is 6.13. The minimum atomic E-state index is -3.69. The molecule has 3 N–H and O–H groups in total. The SMILES string of the molecule is Cl.NCC(NS(=O)(=O)c1cccc2c1OCCO2)C1CCCC1. The van der Waals surface area contributed by atoms with Crippen molar-refractivity contribution in [3.8, 4) is 11.5 Å². The predicted molar refractivity (Wildman–Crippen MR) is 89.8 cm³/mol. The van der Waals surface area contributed by atoms with Gasteiger partial charge in [0.2, 0.25) is 10.0 Å². The number of para-hydroxylation sites is 1. The zero-order chi connectivity index (χ0) is 15.6. The second kappa shape index (κ2) is 7.70. The molecule has 1 fully saturated rings. The highest BCUT2D eigenvalue weighted by atomic mass is 35.5. The fourth-order valence-corrected chi connectivity index (χ4v) is 4.69. The first kappa shape index (κ1) is 18.3. The molecule has 0 aromatic heterocycles. The topological polar surface area (TPSA) is 90.7 Å². The van der Waals surface area contributed by atoms with Crippen molar-refractivity contribution in [1.82, 2.24) is 4.72 Å². The molecule has 0 saturated heterocycles. The quantitative estimate of drug-likeness (QED) is 0.831. The van der Waals surface area contributed by atoms with Gasteiger partial charge in [-0.25, -0.2) is 13.1 Å². The Bertz CT molecular complexity index is 632. The van der Waals surface area contributed by atoms with Crippen LogP contribution >= 0.6 is 12.4 Å². The van der Waals surface area contributed by atoms with E-state index in [-0.39, 0.29) is 23.3 Å². The maximum Gasteiger partial charge on any atom is 0.244 e. The van der Waals surface area contributed by atoms with Gasteiger partial charge >= 0.3 is 0 Å². The third-order valence-electron chi connectivity index (χ3n) is 4.35. The second-order valence-electron chi connectivity index (χ2n) is 5.79. The van der Waals surface area contributed by atoms with Gasteiger partial charge in [0.15, 0.2) is 11.5 Å². The van der Waals surface area contributed by atoms with Crippen LogP contribution in [0.4, 0.5) is 0 Å². The third-order valence-corrected chi connectivity index (χ3v) is 5.86. The van der Waals surface area contributed by atoms with Crippen molar-refractivity contribution in [1.29, 1.82) is 0 Å². The average Bonchev–Trinajstić information content (AvgIpc) is 3.06. The van der Waals surface area contributed by atoms with E-state index < -0.39 is 10.0 Å². The van der Waals surface area contributed by atoms with Crippen molar-refractivity contribution in [2.24, 2.45) is 11.7 Å². The van der Waals surface area contributed by atoms with Gasteiger partial charge in [0.05, 0.1) is 0 Å². The number of fused-ring (bicyclic) bond motifs is 1. The first-order valence-corrected chi connectivity index (χ1v) is 9.21. The number of hydrogen-bond donors (Lipinski definition) is 2. The monoisotopic (exact) mass is 362 g/mol. The highest BCUT2D eigenvalue weighted by molar-refractivity contribution is 7.89. The second-order valence-corrected chi connectivity index (χ2v) is 7.47. The number of benzene rings is 1. The Morgan fingerprint density at radius 3 is 2.61 bits per heavy atom. The highest BCUT2D eigenvalue weighted by Crippen LogP contribution is 2.37. The van der Waals surface area contributed by atoms with Gasteiger partial charge in [0, 0.05) is 12.6 Å². The molecule has 6 nitrogen and oxygen atoms in total. The van der Waals surface area contributed by atoms with E-state index in [1.54, 1.807) is 12.1 Å². The largest absolute Gasteiger partial charge is 0.486 e. The van der Waals surface area contributed by atoms with Crippen molar-refractivity contribution in [2.45, 2.75) is 36.6 Å². The van der Waals surface area contributed by atoms with Crippen LogP contribution in [0.5, 0.6) is 11.5 Å². The Labute approximate surface area is 143 Å². The van der Waals surface area contributed by atoms with Gasteiger partial charge in [0.25, 0.3) is 0 Å². The zero-order valence-corrected chi connectivity index (χ0v) is 14.5. The number of rotatable bonds is 5. The minimum absolute atomic E-state index is 0. The molecule has 1 aromatic carbocycles. The van der Waals surface area contributed by atoms with Crippen LogP contribution in [0.15, 0.2) is 23.1 Å². The molecule has 0 bridgehead atoms. The number of halogens is 1. The maximum atomic E-state index is 12.7. The van der Waals surface area contributed by atoms with E-state index in [9.17, 15) is 8.42 Å². The van der Waals surface area contributed by atoms with Crippen LogP contribution in [0.1, 0.15) is 25.7 Å². The summed E-state index contributed by atoms with van der Waals surface area (Å²) in [5.74, 6) is 1.08. The Morgan fingerprint density at radius 1 is 1.22 bits per heavy atom. The summed E-state index contributed by atoms with van der Waals surface area (Å²) >= 11 is 0. The lowest BCUT2D eigenvalue weighted by atomic mass is 9.99.